The first-order valence-corrected chi connectivity index (χ1v) is 10.5. The number of hydrogen-bond acceptors (Lipinski definition) is 8. The van der Waals surface area contributed by atoms with Crippen LogP contribution in [0.1, 0.15) is 55.7 Å². The number of carbonyl (C=O) groups is 1. The molecule has 1 fully saturated rings. The summed E-state index contributed by atoms with van der Waals surface area (Å²) in [7, 11) is 1.58. The number of hydrogen-bond donors (Lipinski definition) is 1. The van der Waals surface area contributed by atoms with Crippen molar-refractivity contribution in [3.8, 4) is 0 Å². The van der Waals surface area contributed by atoms with Crippen molar-refractivity contribution in [2.24, 2.45) is 0 Å². The van der Waals surface area contributed by atoms with Crippen molar-refractivity contribution < 1.29 is 28.2 Å². The van der Waals surface area contributed by atoms with Crippen LogP contribution in [-0.2, 0) is 25.6 Å². The predicted octanol–water partition coefficient (Wildman–Crippen LogP) is 4.39. The van der Waals surface area contributed by atoms with Gasteiger partial charge in [0.1, 0.15) is 5.52 Å². The van der Waals surface area contributed by atoms with Gasteiger partial charge in [-0.25, -0.2) is 14.8 Å². The number of fused-ring (bicyclic) bond motifs is 5. The summed E-state index contributed by atoms with van der Waals surface area (Å²) < 4.78 is 28.5. The van der Waals surface area contributed by atoms with Gasteiger partial charge in [-0.2, -0.15) is 0 Å². The fourth-order valence-electron chi connectivity index (χ4n) is 4.12. The van der Waals surface area contributed by atoms with E-state index in [0.717, 1.165) is 21.8 Å². The Balaban J connectivity index is 1.74. The number of methoxy groups -OCH3 is 1. The molecule has 1 saturated heterocycles. The maximum Gasteiger partial charge on any atom is 0.357 e. The Hall–Kier alpha value is -3.01. The van der Waals surface area contributed by atoms with Gasteiger partial charge in [0.15, 0.2) is 23.2 Å². The van der Waals surface area contributed by atoms with Gasteiger partial charge in [0.05, 0.1) is 31.0 Å². The molecule has 32 heavy (non-hydrogen) atoms. The summed E-state index contributed by atoms with van der Waals surface area (Å²) in [6.45, 7) is 7.86. The molecule has 1 unspecified atom stereocenters. The van der Waals surface area contributed by atoms with Crippen LogP contribution in [0.5, 0.6) is 0 Å². The van der Waals surface area contributed by atoms with Gasteiger partial charge >= 0.3 is 5.97 Å². The standard InChI is InChI=1S/C23H25N3O6/c1-11(2)30-22(27)19-12(9-28-5)17-14(8-24-19)25-13-6-7-15-20(18(13)17)26-21(31-15)16-10-29-23(3,4)32-16/h6-8,11,16,25H,9-10H2,1-5H3. The van der Waals surface area contributed by atoms with Crippen LogP contribution in [-0.4, -0.2) is 46.5 Å². The van der Waals surface area contributed by atoms with E-state index in [-0.39, 0.29) is 18.4 Å². The van der Waals surface area contributed by atoms with E-state index < -0.39 is 17.9 Å². The van der Waals surface area contributed by atoms with Crippen LogP contribution in [0.25, 0.3) is 32.9 Å². The first kappa shape index (κ1) is 20.9. The number of nitrogens with zero attached hydrogens (tertiary/aromatic N) is 2. The molecule has 3 aromatic heterocycles. The van der Waals surface area contributed by atoms with E-state index >= 15 is 0 Å². The first-order valence-electron chi connectivity index (χ1n) is 10.5. The lowest BCUT2D eigenvalue weighted by atomic mass is 10.0. The van der Waals surface area contributed by atoms with Gasteiger partial charge in [-0.05, 0) is 39.8 Å². The molecule has 1 aromatic carbocycles. The molecule has 0 aliphatic carbocycles. The molecule has 0 spiro atoms. The van der Waals surface area contributed by atoms with E-state index in [9.17, 15) is 4.79 Å². The van der Waals surface area contributed by atoms with Crippen LogP contribution < -0.4 is 0 Å². The number of ether oxygens (including phenoxy) is 4. The minimum absolute atomic E-state index is 0.189. The van der Waals surface area contributed by atoms with Gasteiger partial charge in [0.2, 0.25) is 5.89 Å². The zero-order valence-electron chi connectivity index (χ0n) is 18.6. The van der Waals surface area contributed by atoms with Crippen LogP contribution >= 0.6 is 0 Å². The summed E-state index contributed by atoms with van der Waals surface area (Å²) >= 11 is 0. The minimum atomic E-state index is -0.690. The summed E-state index contributed by atoms with van der Waals surface area (Å²) in [5, 5.41) is 1.64. The fraction of sp³-hybridized carbons (Fsp3) is 0.435. The summed E-state index contributed by atoms with van der Waals surface area (Å²) in [5.41, 5.74) is 3.78. The molecule has 4 aromatic rings. The Kier molecular flexibility index (Phi) is 4.92. The van der Waals surface area contributed by atoms with E-state index in [1.165, 1.54) is 0 Å². The lowest BCUT2D eigenvalue weighted by Gasteiger charge is -2.15. The minimum Gasteiger partial charge on any atom is -0.458 e. The molecular formula is C23H25N3O6. The topological polar surface area (TPSA) is 109 Å². The van der Waals surface area contributed by atoms with Gasteiger partial charge in [0, 0.05) is 29.0 Å². The molecule has 168 valence electrons. The Bertz CT molecular complexity index is 1340. The molecule has 0 amide bonds. The lowest BCUT2D eigenvalue weighted by Crippen LogP contribution is -2.19. The molecule has 5 rings (SSSR count). The van der Waals surface area contributed by atoms with Crippen molar-refractivity contribution in [3.63, 3.8) is 0 Å². The predicted molar refractivity (Wildman–Crippen MR) is 116 cm³/mol. The Morgan fingerprint density at radius 1 is 1.28 bits per heavy atom. The van der Waals surface area contributed by atoms with Gasteiger partial charge < -0.3 is 28.3 Å². The molecule has 0 bridgehead atoms. The average Bonchev–Trinajstić information content (AvgIpc) is 3.41. The second-order valence-electron chi connectivity index (χ2n) is 8.59. The molecule has 1 aliphatic rings. The number of benzene rings is 1. The van der Waals surface area contributed by atoms with Gasteiger partial charge in [-0.3, -0.25) is 0 Å². The van der Waals surface area contributed by atoms with Crippen molar-refractivity contribution in [3.05, 3.63) is 35.5 Å². The normalized spacial score (nSPS) is 18.4. The quantitative estimate of drug-likeness (QED) is 0.456. The number of aromatic amines is 1. The first-order chi connectivity index (χ1) is 15.3. The highest BCUT2D eigenvalue weighted by atomic mass is 16.7. The van der Waals surface area contributed by atoms with Crippen molar-refractivity contribution >= 4 is 38.9 Å². The molecule has 1 N–H and O–H groups in total. The van der Waals surface area contributed by atoms with E-state index in [1.54, 1.807) is 27.2 Å². The Morgan fingerprint density at radius 2 is 2.09 bits per heavy atom. The number of H-pyrrole nitrogens is 1. The molecule has 9 heteroatoms. The smallest absolute Gasteiger partial charge is 0.357 e. The van der Waals surface area contributed by atoms with Gasteiger partial charge in [0.25, 0.3) is 0 Å². The van der Waals surface area contributed by atoms with Crippen LogP contribution in [0.15, 0.2) is 22.7 Å². The van der Waals surface area contributed by atoms with E-state index in [2.05, 4.69) is 9.97 Å². The Morgan fingerprint density at radius 3 is 2.78 bits per heavy atom. The molecular weight excluding hydrogens is 414 g/mol. The monoisotopic (exact) mass is 439 g/mol. The number of rotatable bonds is 5. The zero-order chi connectivity index (χ0) is 22.6. The van der Waals surface area contributed by atoms with E-state index in [1.807, 2.05) is 26.0 Å². The van der Waals surface area contributed by atoms with Crippen LogP contribution in [0, 0.1) is 0 Å². The number of oxazole rings is 1. The summed E-state index contributed by atoms with van der Waals surface area (Å²) in [6.07, 6.45) is 0.977. The number of esters is 1. The summed E-state index contributed by atoms with van der Waals surface area (Å²) in [5.74, 6) is -0.728. The average molecular weight is 439 g/mol. The molecule has 1 aliphatic heterocycles. The molecule has 4 heterocycles. The SMILES string of the molecule is COCc1c(C(=O)OC(C)C)ncc2[nH]c3ccc4oc(C5COC(C)(C)O5)nc4c3c12. The molecule has 9 nitrogen and oxygen atoms in total. The zero-order valence-corrected chi connectivity index (χ0v) is 18.6. The number of aromatic nitrogens is 3. The maximum absolute atomic E-state index is 12.7. The second-order valence-corrected chi connectivity index (χ2v) is 8.59. The second kappa shape index (κ2) is 7.54. The maximum atomic E-state index is 12.7. The van der Waals surface area contributed by atoms with Gasteiger partial charge in [-0.1, -0.05) is 0 Å². The van der Waals surface area contributed by atoms with E-state index in [0.29, 0.717) is 29.2 Å². The highest BCUT2D eigenvalue weighted by Gasteiger charge is 2.36. The number of carbonyl (C=O) groups excluding carboxylic acids is 1. The van der Waals surface area contributed by atoms with Crippen molar-refractivity contribution in [2.45, 2.75) is 52.3 Å². The number of pyridine rings is 1. The highest BCUT2D eigenvalue weighted by Crippen LogP contribution is 2.38. The molecule has 1 atom stereocenters. The largest absolute Gasteiger partial charge is 0.458 e. The third-order valence-corrected chi connectivity index (χ3v) is 5.39. The Labute approximate surface area is 184 Å². The van der Waals surface area contributed by atoms with Crippen LogP contribution in [0.3, 0.4) is 0 Å². The highest BCUT2D eigenvalue weighted by molar-refractivity contribution is 6.20. The lowest BCUT2D eigenvalue weighted by molar-refractivity contribution is -0.141. The summed E-state index contributed by atoms with van der Waals surface area (Å²) in [6, 6.07) is 3.78. The van der Waals surface area contributed by atoms with Crippen molar-refractivity contribution in [1.29, 1.82) is 0 Å². The van der Waals surface area contributed by atoms with Crippen molar-refractivity contribution in [1.82, 2.24) is 15.0 Å². The van der Waals surface area contributed by atoms with Crippen LogP contribution in [0.4, 0.5) is 0 Å². The third-order valence-electron chi connectivity index (χ3n) is 5.39. The fourth-order valence-corrected chi connectivity index (χ4v) is 4.12. The summed E-state index contributed by atoms with van der Waals surface area (Å²) in [4.78, 5) is 25.2. The number of nitrogens with one attached hydrogen (secondary N) is 1. The molecule has 0 radical (unpaired) electrons. The van der Waals surface area contributed by atoms with Crippen LogP contribution in [0.2, 0.25) is 0 Å². The molecule has 0 saturated carbocycles. The van der Waals surface area contributed by atoms with Gasteiger partial charge in [-0.15, -0.1) is 0 Å². The van der Waals surface area contributed by atoms with E-state index in [4.69, 9.17) is 28.3 Å². The third kappa shape index (κ3) is 3.42. The van der Waals surface area contributed by atoms with Crippen molar-refractivity contribution in [2.75, 3.05) is 13.7 Å².